The molecule has 0 saturated heterocycles. The van der Waals surface area contributed by atoms with E-state index in [-0.39, 0.29) is 0 Å². The summed E-state index contributed by atoms with van der Waals surface area (Å²) in [5.41, 5.74) is 0.347. The molecule has 1 saturated carbocycles. The standard InChI is InChI=1S/C15H24BrNO/c1-15(2,3)12(9-16)10-17(13-6-7-13)11-14-5-4-8-18-14/h4-5,8,12-13H,6-7,9-11H2,1-3H3. The Morgan fingerprint density at radius 3 is 2.61 bits per heavy atom. The molecule has 2 rings (SSSR count). The van der Waals surface area contributed by atoms with E-state index < -0.39 is 0 Å². The summed E-state index contributed by atoms with van der Waals surface area (Å²) in [6.45, 7) is 9.10. The summed E-state index contributed by atoms with van der Waals surface area (Å²) >= 11 is 3.68. The van der Waals surface area contributed by atoms with Crippen LogP contribution >= 0.6 is 15.9 Å². The van der Waals surface area contributed by atoms with Crippen LogP contribution < -0.4 is 0 Å². The van der Waals surface area contributed by atoms with Crippen LogP contribution in [0.5, 0.6) is 0 Å². The molecule has 18 heavy (non-hydrogen) atoms. The lowest BCUT2D eigenvalue weighted by Gasteiger charge is -2.34. The first-order valence-electron chi connectivity index (χ1n) is 6.83. The van der Waals surface area contributed by atoms with E-state index in [1.807, 2.05) is 6.07 Å². The van der Waals surface area contributed by atoms with Crippen molar-refractivity contribution >= 4 is 15.9 Å². The normalized spacial score (nSPS) is 18.3. The lowest BCUT2D eigenvalue weighted by Crippen LogP contribution is -2.37. The Labute approximate surface area is 119 Å². The number of alkyl halides is 1. The van der Waals surface area contributed by atoms with E-state index in [9.17, 15) is 0 Å². The minimum atomic E-state index is 0.347. The molecule has 0 radical (unpaired) electrons. The molecule has 0 aromatic carbocycles. The number of hydrogen-bond donors (Lipinski definition) is 0. The van der Waals surface area contributed by atoms with Crippen LogP contribution in [0.4, 0.5) is 0 Å². The summed E-state index contributed by atoms with van der Waals surface area (Å²) < 4.78 is 5.49. The van der Waals surface area contributed by atoms with Gasteiger partial charge in [0.15, 0.2) is 0 Å². The second-order valence-corrected chi connectivity index (χ2v) is 7.10. The molecule has 1 fully saturated rings. The maximum Gasteiger partial charge on any atom is 0.117 e. The summed E-state index contributed by atoms with van der Waals surface area (Å²) in [5.74, 6) is 1.76. The van der Waals surface area contributed by atoms with E-state index >= 15 is 0 Å². The van der Waals surface area contributed by atoms with Crippen molar-refractivity contribution < 1.29 is 4.42 Å². The molecule has 1 atom stereocenters. The maximum absolute atomic E-state index is 5.49. The van der Waals surface area contributed by atoms with Crippen LogP contribution in [0.2, 0.25) is 0 Å². The third-order valence-electron chi connectivity index (χ3n) is 3.87. The van der Waals surface area contributed by atoms with Crippen molar-refractivity contribution in [1.82, 2.24) is 4.90 Å². The van der Waals surface area contributed by atoms with Gasteiger partial charge in [0.25, 0.3) is 0 Å². The summed E-state index contributed by atoms with van der Waals surface area (Å²) in [6.07, 6.45) is 4.46. The van der Waals surface area contributed by atoms with E-state index in [0.29, 0.717) is 11.3 Å². The van der Waals surface area contributed by atoms with Gasteiger partial charge in [-0.3, -0.25) is 4.90 Å². The van der Waals surface area contributed by atoms with Crippen molar-refractivity contribution in [3.8, 4) is 0 Å². The van der Waals surface area contributed by atoms with E-state index in [4.69, 9.17) is 4.42 Å². The molecule has 0 amide bonds. The highest BCUT2D eigenvalue weighted by Gasteiger charge is 2.33. The smallest absolute Gasteiger partial charge is 0.117 e. The molecule has 3 heteroatoms. The molecule has 0 aliphatic heterocycles. The van der Waals surface area contributed by atoms with Crippen LogP contribution in [0, 0.1) is 11.3 Å². The third kappa shape index (κ3) is 3.86. The monoisotopic (exact) mass is 313 g/mol. The first kappa shape index (κ1) is 14.1. The highest BCUT2D eigenvalue weighted by molar-refractivity contribution is 9.09. The largest absolute Gasteiger partial charge is 0.468 e. The SMILES string of the molecule is CC(C)(C)C(CBr)CN(Cc1ccco1)C1CC1. The molecule has 1 aromatic heterocycles. The van der Waals surface area contributed by atoms with Gasteiger partial charge in [-0.25, -0.2) is 0 Å². The van der Waals surface area contributed by atoms with Gasteiger partial charge >= 0.3 is 0 Å². The Hall–Kier alpha value is -0.280. The van der Waals surface area contributed by atoms with Crippen molar-refractivity contribution in [2.45, 2.75) is 46.2 Å². The fourth-order valence-corrected chi connectivity index (χ4v) is 3.40. The zero-order chi connectivity index (χ0) is 13.2. The molecule has 1 unspecified atom stereocenters. The number of hydrogen-bond acceptors (Lipinski definition) is 2. The van der Waals surface area contributed by atoms with Crippen LogP contribution in [-0.2, 0) is 6.54 Å². The van der Waals surface area contributed by atoms with E-state index in [2.05, 4.69) is 47.7 Å². The topological polar surface area (TPSA) is 16.4 Å². The Morgan fingerprint density at radius 1 is 1.44 bits per heavy atom. The number of halogens is 1. The molecular weight excluding hydrogens is 290 g/mol. The summed E-state index contributed by atoms with van der Waals surface area (Å²) in [7, 11) is 0. The minimum absolute atomic E-state index is 0.347. The Morgan fingerprint density at radius 2 is 2.17 bits per heavy atom. The van der Waals surface area contributed by atoms with Gasteiger partial charge in [-0.15, -0.1) is 0 Å². The van der Waals surface area contributed by atoms with Gasteiger partial charge in [-0.05, 0) is 36.3 Å². The van der Waals surface area contributed by atoms with Crippen molar-refractivity contribution in [3.05, 3.63) is 24.2 Å². The Kier molecular flexibility index (Phi) is 4.54. The predicted molar refractivity (Wildman–Crippen MR) is 78.9 cm³/mol. The zero-order valence-corrected chi connectivity index (χ0v) is 13.2. The first-order chi connectivity index (χ1) is 8.50. The number of furan rings is 1. The van der Waals surface area contributed by atoms with Crippen molar-refractivity contribution in [3.63, 3.8) is 0 Å². The molecule has 1 aromatic rings. The van der Waals surface area contributed by atoms with Gasteiger partial charge in [-0.2, -0.15) is 0 Å². The second-order valence-electron chi connectivity index (χ2n) is 6.46. The van der Waals surface area contributed by atoms with Crippen LogP contribution in [0.1, 0.15) is 39.4 Å². The maximum atomic E-state index is 5.49. The quantitative estimate of drug-likeness (QED) is 0.728. The van der Waals surface area contributed by atoms with Crippen LogP contribution in [0.3, 0.4) is 0 Å². The summed E-state index contributed by atoms with van der Waals surface area (Å²) in [5, 5.41) is 1.07. The fourth-order valence-electron chi connectivity index (χ4n) is 2.22. The molecule has 0 bridgehead atoms. The average Bonchev–Trinajstić information content (AvgIpc) is 3.01. The van der Waals surface area contributed by atoms with Gasteiger partial charge in [0.1, 0.15) is 5.76 Å². The van der Waals surface area contributed by atoms with E-state index in [1.165, 1.54) is 12.8 Å². The van der Waals surface area contributed by atoms with Gasteiger partial charge in [-0.1, -0.05) is 36.7 Å². The highest BCUT2D eigenvalue weighted by atomic mass is 79.9. The molecule has 1 aliphatic rings. The minimum Gasteiger partial charge on any atom is -0.468 e. The molecule has 1 aliphatic carbocycles. The van der Waals surface area contributed by atoms with Crippen LogP contribution in [0.25, 0.3) is 0 Å². The second kappa shape index (κ2) is 5.79. The van der Waals surface area contributed by atoms with E-state index in [0.717, 1.165) is 30.2 Å². The first-order valence-corrected chi connectivity index (χ1v) is 7.95. The molecule has 102 valence electrons. The van der Waals surface area contributed by atoms with Crippen LogP contribution in [0.15, 0.2) is 22.8 Å². The van der Waals surface area contributed by atoms with Crippen LogP contribution in [-0.4, -0.2) is 22.8 Å². The van der Waals surface area contributed by atoms with Gasteiger partial charge < -0.3 is 4.42 Å². The average molecular weight is 314 g/mol. The molecular formula is C15H24BrNO. The van der Waals surface area contributed by atoms with Gasteiger partial charge in [0.05, 0.1) is 12.8 Å². The van der Waals surface area contributed by atoms with Crippen molar-refractivity contribution in [1.29, 1.82) is 0 Å². The Balaban J connectivity index is 1.97. The van der Waals surface area contributed by atoms with Gasteiger partial charge in [0, 0.05) is 17.9 Å². The predicted octanol–water partition coefficient (Wildman–Crippen LogP) is 4.30. The number of nitrogens with zero attached hydrogens (tertiary/aromatic N) is 1. The highest BCUT2D eigenvalue weighted by Crippen LogP contribution is 2.34. The lowest BCUT2D eigenvalue weighted by atomic mass is 9.81. The fraction of sp³-hybridized carbons (Fsp3) is 0.733. The van der Waals surface area contributed by atoms with E-state index in [1.54, 1.807) is 6.26 Å². The van der Waals surface area contributed by atoms with Crippen molar-refractivity contribution in [2.24, 2.45) is 11.3 Å². The van der Waals surface area contributed by atoms with Crippen molar-refractivity contribution in [2.75, 3.05) is 11.9 Å². The Bertz CT molecular complexity index is 351. The molecule has 1 heterocycles. The molecule has 0 spiro atoms. The summed E-state index contributed by atoms with van der Waals surface area (Å²) in [4.78, 5) is 2.59. The molecule has 2 nitrogen and oxygen atoms in total. The summed E-state index contributed by atoms with van der Waals surface area (Å²) in [6, 6.07) is 4.83. The number of rotatable bonds is 6. The van der Waals surface area contributed by atoms with Gasteiger partial charge in [0.2, 0.25) is 0 Å². The third-order valence-corrected chi connectivity index (χ3v) is 4.65. The zero-order valence-electron chi connectivity index (χ0n) is 11.7. The lowest BCUT2D eigenvalue weighted by molar-refractivity contribution is 0.146. The molecule has 0 N–H and O–H groups in total.